The summed E-state index contributed by atoms with van der Waals surface area (Å²) in [6.45, 7) is 2.04. The monoisotopic (exact) mass is 309 g/mol. The largest absolute Gasteiger partial charge is 0.368 e. The zero-order chi connectivity index (χ0) is 15.5. The molecule has 0 radical (unpaired) electrons. The van der Waals surface area contributed by atoms with Gasteiger partial charge in [0.05, 0.1) is 5.69 Å². The topological polar surface area (TPSA) is 68.8 Å². The summed E-state index contributed by atoms with van der Waals surface area (Å²) in [6, 6.07) is 17.7. The summed E-state index contributed by atoms with van der Waals surface area (Å²) in [4.78, 5) is 8.35. The normalized spacial score (nSPS) is 10.4. The maximum absolute atomic E-state index is 5.74. The fourth-order valence-corrected chi connectivity index (χ4v) is 2.37. The number of para-hydroxylation sites is 1. The smallest absolute Gasteiger partial charge is 0.226 e. The van der Waals surface area contributed by atoms with E-state index < -0.39 is 0 Å². The van der Waals surface area contributed by atoms with E-state index in [0.29, 0.717) is 10.7 Å². The third kappa shape index (κ3) is 2.96. The fourth-order valence-electron chi connectivity index (χ4n) is 2.08. The predicted octanol–water partition coefficient (Wildman–Crippen LogP) is 3.63. The highest BCUT2D eigenvalue weighted by Gasteiger charge is 2.09. The number of nitrogens with one attached hydrogen (secondary N) is 1. The number of nitrogen functional groups attached to an aromatic ring is 1. The number of nitrogens with two attached hydrogens (primary N) is 1. The van der Waals surface area contributed by atoms with Crippen LogP contribution in [0.3, 0.4) is 0 Å². The molecule has 0 bridgehead atoms. The Hall–Kier alpha value is -2.73. The zero-order valence-electron chi connectivity index (χ0n) is 12.0. The van der Waals surface area contributed by atoms with Gasteiger partial charge in [-0.15, -0.1) is 0 Å². The summed E-state index contributed by atoms with van der Waals surface area (Å²) < 4.78 is 2.11. The quantitative estimate of drug-likeness (QED) is 0.723. The second kappa shape index (κ2) is 5.95. The lowest BCUT2D eigenvalue weighted by atomic mass is 10.2. The van der Waals surface area contributed by atoms with Crippen LogP contribution in [0.5, 0.6) is 0 Å². The van der Waals surface area contributed by atoms with Crippen LogP contribution in [0.2, 0.25) is 0 Å². The Bertz CT molecular complexity index is 841. The Morgan fingerprint density at radius 3 is 2.36 bits per heavy atom. The second-order valence-electron chi connectivity index (χ2n) is 4.85. The SMILES string of the molecule is Cc1ccc(Nc2nc(N)nc(=S)n2-c2ccccc2)cc1. The molecule has 0 saturated carbocycles. The Kier molecular flexibility index (Phi) is 3.84. The fraction of sp³-hybridized carbons (Fsp3) is 0.0625. The van der Waals surface area contributed by atoms with E-state index in [9.17, 15) is 0 Å². The van der Waals surface area contributed by atoms with Gasteiger partial charge in [0.2, 0.25) is 16.7 Å². The number of nitrogens with zero attached hydrogens (tertiary/aromatic N) is 3. The van der Waals surface area contributed by atoms with E-state index in [4.69, 9.17) is 18.0 Å². The highest BCUT2D eigenvalue weighted by atomic mass is 32.1. The van der Waals surface area contributed by atoms with Gasteiger partial charge in [0.1, 0.15) is 0 Å². The van der Waals surface area contributed by atoms with E-state index in [1.165, 1.54) is 5.56 Å². The molecule has 0 aliphatic rings. The summed E-state index contributed by atoms with van der Waals surface area (Å²) >= 11 is 5.34. The molecule has 6 heteroatoms. The average Bonchev–Trinajstić information content (AvgIpc) is 2.50. The first-order chi connectivity index (χ1) is 10.6. The molecular formula is C16H15N5S. The molecule has 22 heavy (non-hydrogen) atoms. The molecule has 0 fully saturated rings. The minimum atomic E-state index is 0.145. The van der Waals surface area contributed by atoms with Gasteiger partial charge in [-0.05, 0) is 43.4 Å². The number of aromatic nitrogens is 3. The molecule has 3 rings (SSSR count). The van der Waals surface area contributed by atoms with Crippen molar-refractivity contribution in [2.45, 2.75) is 6.92 Å². The van der Waals surface area contributed by atoms with Crippen molar-refractivity contribution in [2.24, 2.45) is 0 Å². The van der Waals surface area contributed by atoms with Crippen molar-refractivity contribution in [1.82, 2.24) is 14.5 Å². The minimum absolute atomic E-state index is 0.145. The minimum Gasteiger partial charge on any atom is -0.368 e. The Morgan fingerprint density at radius 1 is 1.00 bits per heavy atom. The number of anilines is 3. The van der Waals surface area contributed by atoms with Crippen molar-refractivity contribution in [3.05, 3.63) is 64.9 Å². The molecule has 0 aliphatic heterocycles. The van der Waals surface area contributed by atoms with Gasteiger partial charge in [-0.3, -0.25) is 4.57 Å². The average molecular weight is 309 g/mol. The molecule has 0 aliphatic carbocycles. The van der Waals surface area contributed by atoms with Crippen molar-refractivity contribution >= 4 is 29.8 Å². The molecule has 3 aromatic rings. The van der Waals surface area contributed by atoms with E-state index >= 15 is 0 Å². The third-order valence-electron chi connectivity index (χ3n) is 3.16. The lowest BCUT2D eigenvalue weighted by Crippen LogP contribution is -2.11. The number of rotatable bonds is 3. The standard InChI is InChI=1S/C16H15N5S/c1-11-7-9-12(10-8-11)18-15-19-14(17)20-16(22)21(15)13-5-3-2-4-6-13/h2-10H,1H3,(H3,17,18,19,20,22). The van der Waals surface area contributed by atoms with Crippen LogP contribution in [-0.4, -0.2) is 14.5 Å². The molecule has 3 N–H and O–H groups in total. The molecule has 1 heterocycles. The van der Waals surface area contributed by atoms with Gasteiger partial charge in [-0.25, -0.2) is 0 Å². The van der Waals surface area contributed by atoms with Crippen LogP contribution in [0, 0.1) is 11.7 Å². The van der Waals surface area contributed by atoms with E-state index in [0.717, 1.165) is 11.4 Å². The first-order valence-corrected chi connectivity index (χ1v) is 7.20. The maximum atomic E-state index is 5.74. The van der Waals surface area contributed by atoms with Crippen molar-refractivity contribution in [3.8, 4) is 5.69 Å². The number of hydrogen-bond acceptors (Lipinski definition) is 5. The van der Waals surface area contributed by atoms with Crippen LogP contribution >= 0.6 is 12.2 Å². The second-order valence-corrected chi connectivity index (χ2v) is 5.22. The first kappa shape index (κ1) is 14.2. The van der Waals surface area contributed by atoms with Gasteiger partial charge >= 0.3 is 0 Å². The van der Waals surface area contributed by atoms with Gasteiger partial charge in [-0.1, -0.05) is 35.9 Å². The van der Waals surface area contributed by atoms with Crippen molar-refractivity contribution in [1.29, 1.82) is 0 Å². The molecular weight excluding hydrogens is 294 g/mol. The molecule has 0 amide bonds. The third-order valence-corrected chi connectivity index (χ3v) is 3.43. The molecule has 0 spiro atoms. The van der Waals surface area contributed by atoms with Gasteiger partial charge in [0.25, 0.3) is 0 Å². The molecule has 110 valence electrons. The van der Waals surface area contributed by atoms with Crippen molar-refractivity contribution in [3.63, 3.8) is 0 Å². The predicted molar refractivity (Wildman–Crippen MR) is 91.1 cm³/mol. The van der Waals surface area contributed by atoms with Gasteiger partial charge in [-0.2, -0.15) is 9.97 Å². The van der Waals surface area contributed by atoms with Gasteiger partial charge in [0, 0.05) is 5.69 Å². The van der Waals surface area contributed by atoms with E-state index in [2.05, 4.69) is 15.3 Å². The lowest BCUT2D eigenvalue weighted by molar-refractivity contribution is 0.915. The molecule has 0 atom stereocenters. The van der Waals surface area contributed by atoms with Crippen LogP contribution in [0.4, 0.5) is 17.6 Å². The summed E-state index contributed by atoms with van der Waals surface area (Å²) in [5.74, 6) is 0.680. The van der Waals surface area contributed by atoms with Gasteiger partial charge < -0.3 is 11.1 Å². The Morgan fingerprint density at radius 2 is 1.68 bits per heavy atom. The van der Waals surface area contributed by atoms with Crippen LogP contribution in [0.1, 0.15) is 5.56 Å². The van der Waals surface area contributed by atoms with Crippen LogP contribution in [-0.2, 0) is 0 Å². The molecule has 0 unspecified atom stereocenters. The highest BCUT2D eigenvalue weighted by Crippen LogP contribution is 2.20. The number of hydrogen-bond donors (Lipinski definition) is 2. The van der Waals surface area contributed by atoms with Crippen LogP contribution in [0.25, 0.3) is 5.69 Å². The van der Waals surface area contributed by atoms with Crippen molar-refractivity contribution < 1.29 is 0 Å². The highest BCUT2D eigenvalue weighted by molar-refractivity contribution is 7.71. The van der Waals surface area contributed by atoms with Gasteiger partial charge in [0.15, 0.2) is 0 Å². The first-order valence-electron chi connectivity index (χ1n) is 6.79. The van der Waals surface area contributed by atoms with E-state index in [1.807, 2.05) is 61.5 Å². The number of aryl methyl sites for hydroxylation is 1. The molecule has 0 saturated heterocycles. The van der Waals surface area contributed by atoms with E-state index in [1.54, 1.807) is 4.57 Å². The van der Waals surface area contributed by atoms with E-state index in [-0.39, 0.29) is 5.95 Å². The summed E-state index contributed by atoms with van der Waals surface area (Å²) in [5, 5.41) is 3.25. The molecule has 1 aromatic heterocycles. The maximum Gasteiger partial charge on any atom is 0.226 e. The number of benzene rings is 2. The lowest BCUT2D eigenvalue weighted by Gasteiger charge is -2.14. The summed E-state index contributed by atoms with van der Waals surface area (Å²) in [7, 11) is 0. The Balaban J connectivity index is 2.10. The zero-order valence-corrected chi connectivity index (χ0v) is 12.8. The molecule has 2 aromatic carbocycles. The summed E-state index contributed by atoms with van der Waals surface area (Å²) in [5.41, 5.74) is 8.71. The van der Waals surface area contributed by atoms with Crippen LogP contribution < -0.4 is 11.1 Å². The Labute approximate surface area is 133 Å². The molecule has 5 nitrogen and oxygen atoms in total. The van der Waals surface area contributed by atoms with Crippen molar-refractivity contribution in [2.75, 3.05) is 11.1 Å². The summed E-state index contributed by atoms with van der Waals surface area (Å²) in [6.07, 6.45) is 0. The van der Waals surface area contributed by atoms with Crippen LogP contribution in [0.15, 0.2) is 54.6 Å².